The second-order valence-corrected chi connectivity index (χ2v) is 18.4. The number of aromatic nitrogens is 9. The van der Waals surface area contributed by atoms with Gasteiger partial charge in [0.1, 0.15) is 54.1 Å². The number of terminal acetylenes is 1. The van der Waals surface area contributed by atoms with Crippen LogP contribution < -0.4 is 62.7 Å². The number of nitrogens with zero attached hydrogens (tertiary/aromatic N) is 12. The van der Waals surface area contributed by atoms with Gasteiger partial charge in [-0.2, -0.15) is 0 Å². The number of carbonyl (C=O) groups is 2. The molecule has 0 bridgehead atoms. The first kappa shape index (κ1) is 65.5. The van der Waals surface area contributed by atoms with E-state index in [1.807, 2.05) is 13.8 Å². The molecule has 2 aliphatic rings. The van der Waals surface area contributed by atoms with Crippen molar-refractivity contribution in [3.63, 3.8) is 0 Å². The number of rotatable bonds is 17. The Bertz CT molecular complexity index is 3170. The first-order valence-electron chi connectivity index (χ1n) is 23.8. The SMILES string of the molecule is C#CCn1c(=O)c(C)cn(C2C[C@H](O)C(CO)O2)c1=O.CC(C)[C@H](N=[N+]=[N-])C(=O)NCc1cc(F)ccn1.Cc1cn(C2C[C@H](O)C(CO)O2)c(=O)n(Cc2cn([C@H](C(=O)NCc3cc(F)ccn3)C(C)C)nn2)c1=O.[CH3-].[Na+]. The van der Waals surface area contributed by atoms with Crippen molar-refractivity contribution in [3.8, 4) is 12.3 Å². The summed E-state index contributed by atoms with van der Waals surface area (Å²) < 4.78 is 43.0. The fourth-order valence-corrected chi connectivity index (χ4v) is 8.01. The summed E-state index contributed by atoms with van der Waals surface area (Å²) in [5, 5.41) is 55.0. The number of aliphatic hydroxyl groups is 4. The maximum atomic E-state index is 13.4. The molecule has 29 heteroatoms. The Hall–Kier alpha value is -6.77. The molecule has 2 fully saturated rings. The molecule has 0 aliphatic carbocycles. The number of ether oxygens (including phenoxy) is 2. The Labute approximate surface area is 468 Å². The zero-order chi connectivity index (χ0) is 56.0. The molecule has 4 unspecified atom stereocenters. The number of aryl methyl sites for hydroxylation is 2. The van der Waals surface area contributed by atoms with Gasteiger partial charge in [0.05, 0.1) is 69.2 Å². The predicted molar refractivity (Wildman–Crippen MR) is 271 cm³/mol. The number of aliphatic hydroxyl groups excluding tert-OH is 4. The summed E-state index contributed by atoms with van der Waals surface area (Å²) in [6.45, 7) is 9.36. The van der Waals surface area contributed by atoms with E-state index in [-0.39, 0.29) is 112 Å². The Morgan fingerprint density at radius 2 is 1.28 bits per heavy atom. The van der Waals surface area contributed by atoms with E-state index in [2.05, 4.69) is 46.9 Å². The van der Waals surface area contributed by atoms with Gasteiger partial charge >= 0.3 is 40.9 Å². The van der Waals surface area contributed by atoms with Crippen LogP contribution in [0.25, 0.3) is 10.4 Å². The van der Waals surface area contributed by atoms with Crippen molar-refractivity contribution >= 4 is 11.8 Å². The molecule has 6 N–H and O–H groups in total. The van der Waals surface area contributed by atoms with E-state index in [0.29, 0.717) is 17.0 Å². The molecule has 5 aromatic rings. The summed E-state index contributed by atoms with van der Waals surface area (Å²) in [6.07, 6.45) is 7.32. The minimum atomic E-state index is -0.951. The number of pyridine rings is 2. The molecule has 0 saturated carbocycles. The molecule has 7 rings (SSSR count). The molecule has 416 valence electrons. The third kappa shape index (κ3) is 16.9. The van der Waals surface area contributed by atoms with Crippen LogP contribution in [-0.2, 0) is 45.2 Å². The Kier molecular flexibility index (Phi) is 25.5. The Balaban J connectivity index is 0.000000337. The average Bonchev–Trinajstić information content (AvgIpc) is 4.12. The molecule has 5 aromatic heterocycles. The number of amides is 2. The molecule has 2 amide bonds. The van der Waals surface area contributed by atoms with Gasteiger partial charge in [0.2, 0.25) is 11.8 Å². The van der Waals surface area contributed by atoms with Gasteiger partial charge in [0, 0.05) is 53.7 Å². The standard InChI is InChI=1S/C24H30FN7O6.C13H16N2O5.C11H14FN5O.CH3.Na/c1-13(2)21(22(35)27-8-16-6-15(25)4-5-26-16)32-11-17(28-29-32)10-31-23(36)14(3)9-30(24(31)37)20-7-18(34)19(12-33)38-20;1-3-4-14-12(18)8(2)6-15(13(14)19)11-5-9(17)10(7-16)20-11;1-7(2)10(16-17-13)11(18)15-6-9-5-8(12)3-4-14-9;;/h4-6,9,11,13,18-21,33-34H,7-8,10,12H2,1-3H3,(H,27,35);1,6,9-11,16-17H,4-5,7H2,2H3;3-5,7,10H,6H2,1-2H3,(H,15,18);1H3;/q;;;-1;+1/t18-,19?,20?,21-;9-,10?,11?;10-;;/m000../s1. The van der Waals surface area contributed by atoms with Crippen molar-refractivity contribution in [3.05, 3.63) is 155 Å². The fraction of sp³-hybridized carbons (Fsp3) is 0.490. The Morgan fingerprint density at radius 3 is 1.71 bits per heavy atom. The van der Waals surface area contributed by atoms with Crippen LogP contribution in [0.3, 0.4) is 0 Å². The first-order valence-corrected chi connectivity index (χ1v) is 23.8. The van der Waals surface area contributed by atoms with Gasteiger partial charge in [-0.15, -0.1) is 11.5 Å². The van der Waals surface area contributed by atoms with E-state index in [1.165, 1.54) is 69.1 Å². The van der Waals surface area contributed by atoms with Crippen molar-refractivity contribution in [2.45, 2.75) is 130 Å². The zero-order valence-electron chi connectivity index (χ0n) is 44.4. The topological polar surface area (TPSA) is 351 Å². The second-order valence-electron chi connectivity index (χ2n) is 18.4. The van der Waals surface area contributed by atoms with Gasteiger partial charge in [-0.3, -0.25) is 42.8 Å². The maximum absolute atomic E-state index is 13.4. The van der Waals surface area contributed by atoms with Crippen LogP contribution in [0.15, 0.2) is 79.5 Å². The molecule has 0 aromatic carbocycles. The fourth-order valence-electron chi connectivity index (χ4n) is 8.01. The summed E-state index contributed by atoms with van der Waals surface area (Å²) in [5.74, 6) is 0.303. The van der Waals surface area contributed by atoms with Gasteiger partial charge in [-0.1, -0.05) is 43.9 Å². The molecule has 7 heterocycles. The van der Waals surface area contributed by atoms with Gasteiger partial charge in [0.25, 0.3) is 11.1 Å². The van der Waals surface area contributed by atoms with Crippen LogP contribution in [0.5, 0.6) is 0 Å². The molecule has 2 aliphatic heterocycles. The average molecular weight is 1100 g/mol. The van der Waals surface area contributed by atoms with Gasteiger partial charge in [0.15, 0.2) is 0 Å². The summed E-state index contributed by atoms with van der Waals surface area (Å²) >= 11 is 0. The molecule has 0 spiro atoms. The molecule has 78 heavy (non-hydrogen) atoms. The third-order valence-corrected chi connectivity index (χ3v) is 12.0. The number of halogens is 2. The van der Waals surface area contributed by atoms with Crippen molar-refractivity contribution in [1.29, 1.82) is 0 Å². The molecule has 26 nitrogen and oxygen atoms in total. The summed E-state index contributed by atoms with van der Waals surface area (Å²) in [7, 11) is 0. The predicted octanol–water partition coefficient (Wildman–Crippen LogP) is -2.14. The molecule has 8 atom stereocenters. The quantitative estimate of drug-likeness (QED) is 0.0145. The smallest absolute Gasteiger partial charge is 0.394 e. The summed E-state index contributed by atoms with van der Waals surface area (Å²) in [6, 6.07) is 3.36. The number of hydrogen-bond donors (Lipinski definition) is 6. The van der Waals surface area contributed by atoms with E-state index in [9.17, 15) is 52.9 Å². The van der Waals surface area contributed by atoms with E-state index in [1.54, 1.807) is 27.7 Å². The van der Waals surface area contributed by atoms with Crippen LogP contribution in [-0.4, -0.2) is 119 Å². The number of hydrogen-bond acceptors (Lipinski definition) is 17. The summed E-state index contributed by atoms with van der Waals surface area (Å²) in [4.78, 5) is 85.3. The number of carbonyl (C=O) groups excluding carboxylic acids is 2. The molecule has 2 saturated heterocycles. The van der Waals surface area contributed by atoms with Crippen molar-refractivity contribution < 1.29 is 77.8 Å². The minimum absolute atomic E-state index is 0. The first-order chi connectivity index (χ1) is 36.1. The molecule has 0 radical (unpaired) electrons. The van der Waals surface area contributed by atoms with Crippen LogP contribution in [0, 0.1) is 57.1 Å². The van der Waals surface area contributed by atoms with Crippen molar-refractivity contribution in [1.82, 2.24) is 53.9 Å². The van der Waals surface area contributed by atoms with Crippen molar-refractivity contribution in [2.24, 2.45) is 17.0 Å². The van der Waals surface area contributed by atoms with Gasteiger partial charge < -0.3 is 48.0 Å². The number of nitrogens with one attached hydrogen (secondary N) is 2. The van der Waals surface area contributed by atoms with Crippen molar-refractivity contribution in [2.75, 3.05) is 13.2 Å². The molecular weight excluding hydrogens is 1040 g/mol. The second kappa shape index (κ2) is 30.4. The molecular formula is C49H63F2N14NaO12. The van der Waals surface area contributed by atoms with Crippen LogP contribution in [0.2, 0.25) is 0 Å². The van der Waals surface area contributed by atoms with Gasteiger partial charge in [-0.25, -0.2) is 27.6 Å². The summed E-state index contributed by atoms with van der Waals surface area (Å²) in [5.41, 5.74) is 7.80. The van der Waals surface area contributed by atoms with Crippen LogP contribution in [0.4, 0.5) is 8.78 Å². The van der Waals surface area contributed by atoms with Gasteiger partial charge in [-0.05, 0) is 55.5 Å². The van der Waals surface area contributed by atoms with E-state index in [0.717, 1.165) is 9.13 Å². The zero-order valence-corrected chi connectivity index (χ0v) is 46.4. The van der Waals surface area contributed by atoms with E-state index < -0.39 is 95.6 Å². The minimum Gasteiger partial charge on any atom is -0.394 e. The largest absolute Gasteiger partial charge is 1.00 e. The normalized spacial score (nSPS) is 19.1. The maximum Gasteiger partial charge on any atom is 1.00 e. The van der Waals surface area contributed by atoms with Crippen LogP contribution >= 0.6 is 0 Å². The monoisotopic (exact) mass is 1100 g/mol. The van der Waals surface area contributed by atoms with E-state index >= 15 is 0 Å². The Morgan fingerprint density at radius 1 is 0.808 bits per heavy atom. The van der Waals surface area contributed by atoms with E-state index in [4.69, 9.17) is 26.5 Å². The number of azide groups is 1. The third-order valence-electron chi connectivity index (χ3n) is 12.0. The van der Waals surface area contributed by atoms with Crippen LogP contribution in [0.1, 0.15) is 87.2 Å².